The highest BCUT2D eigenvalue weighted by Gasteiger charge is 2.24. The van der Waals surface area contributed by atoms with Crippen LogP contribution in [0.2, 0.25) is 0 Å². The number of nitrogens with zero attached hydrogens (tertiary/aromatic N) is 1. The van der Waals surface area contributed by atoms with Crippen molar-refractivity contribution in [3.8, 4) is 16.2 Å². The summed E-state index contributed by atoms with van der Waals surface area (Å²) in [6.07, 6.45) is 0. The van der Waals surface area contributed by atoms with Gasteiger partial charge in [0.1, 0.15) is 9.96 Å². The van der Waals surface area contributed by atoms with E-state index >= 15 is 0 Å². The van der Waals surface area contributed by atoms with Gasteiger partial charge in [0.25, 0.3) is 10.0 Å². The second-order valence-electron chi connectivity index (χ2n) is 8.62. The van der Waals surface area contributed by atoms with Crippen molar-refractivity contribution in [1.29, 1.82) is 0 Å². The highest BCUT2D eigenvalue weighted by atomic mass is 32.2. The molecule has 2 aromatic carbocycles. The van der Waals surface area contributed by atoms with E-state index < -0.39 is 10.0 Å². The molecule has 4 rings (SSSR count). The molecule has 1 aliphatic heterocycles. The molecule has 0 amide bonds. The molecule has 1 saturated heterocycles. The van der Waals surface area contributed by atoms with Gasteiger partial charge in [-0.15, -0.1) is 11.3 Å². The normalized spacial score (nSPS) is 18.6. The molecule has 9 heteroatoms. The first-order chi connectivity index (χ1) is 16.3. The standard InChI is InChI=1S/C25H31N3O4S2/c1-17-14-28(15-18(2)26-17)22-13-21(8-9-23(22)32-4)27-34(29,30)25-11-10-24(33-25)20-7-5-6-19(12-20)16-31-3/h5-13,17-18,26-27H,14-16H2,1-4H3. The fraction of sp³-hybridized carbons (Fsp3) is 0.360. The third-order valence-corrected chi connectivity index (χ3v) is 8.71. The minimum absolute atomic E-state index is 0.265. The lowest BCUT2D eigenvalue weighted by molar-refractivity contribution is 0.185. The fourth-order valence-corrected chi connectivity index (χ4v) is 6.68. The maximum atomic E-state index is 13.2. The Morgan fingerprint density at radius 1 is 1.06 bits per heavy atom. The number of thiophene rings is 1. The van der Waals surface area contributed by atoms with Crippen molar-refractivity contribution in [3.05, 3.63) is 60.2 Å². The number of piperazine rings is 1. The summed E-state index contributed by atoms with van der Waals surface area (Å²) < 4.78 is 40.2. The summed E-state index contributed by atoms with van der Waals surface area (Å²) in [7, 11) is -0.451. The Kier molecular flexibility index (Phi) is 7.47. The minimum atomic E-state index is -3.74. The summed E-state index contributed by atoms with van der Waals surface area (Å²) in [5, 5.41) is 3.52. The van der Waals surface area contributed by atoms with E-state index in [4.69, 9.17) is 9.47 Å². The SMILES string of the molecule is COCc1cccc(-c2ccc(S(=O)(=O)Nc3ccc(OC)c(N4CC(C)NC(C)C4)c3)s2)c1. The predicted octanol–water partition coefficient (Wildman–Crippen LogP) is 4.56. The summed E-state index contributed by atoms with van der Waals surface area (Å²) in [5.41, 5.74) is 3.39. The van der Waals surface area contributed by atoms with Crippen molar-refractivity contribution in [1.82, 2.24) is 5.32 Å². The highest BCUT2D eigenvalue weighted by Crippen LogP contribution is 2.35. The quantitative estimate of drug-likeness (QED) is 0.471. The molecule has 2 unspecified atom stereocenters. The summed E-state index contributed by atoms with van der Waals surface area (Å²) in [6.45, 7) is 6.42. The first-order valence-corrected chi connectivity index (χ1v) is 13.5. The summed E-state index contributed by atoms with van der Waals surface area (Å²) in [5.74, 6) is 0.721. The van der Waals surface area contributed by atoms with E-state index in [1.165, 1.54) is 11.3 Å². The van der Waals surface area contributed by atoms with E-state index in [-0.39, 0.29) is 4.21 Å². The Labute approximate surface area is 205 Å². The van der Waals surface area contributed by atoms with Crippen molar-refractivity contribution in [3.63, 3.8) is 0 Å². The van der Waals surface area contributed by atoms with Crippen LogP contribution in [0.4, 0.5) is 11.4 Å². The topological polar surface area (TPSA) is 79.9 Å². The molecule has 0 aliphatic carbocycles. The molecule has 1 fully saturated rings. The van der Waals surface area contributed by atoms with Gasteiger partial charge in [-0.25, -0.2) is 8.42 Å². The van der Waals surface area contributed by atoms with Crippen LogP contribution in [-0.4, -0.2) is 47.8 Å². The molecule has 2 N–H and O–H groups in total. The maximum absolute atomic E-state index is 13.2. The Morgan fingerprint density at radius 2 is 1.82 bits per heavy atom. The van der Waals surface area contributed by atoms with Gasteiger partial charge in [-0.2, -0.15) is 0 Å². The Bertz CT molecular complexity index is 1230. The number of nitrogens with one attached hydrogen (secondary N) is 2. The lowest BCUT2D eigenvalue weighted by atomic mass is 10.1. The Morgan fingerprint density at radius 3 is 2.53 bits per heavy atom. The number of rotatable bonds is 8. The summed E-state index contributed by atoms with van der Waals surface area (Å²) in [6, 6.07) is 17.5. The van der Waals surface area contributed by atoms with Gasteiger partial charge >= 0.3 is 0 Å². The third kappa shape index (κ3) is 5.55. The van der Waals surface area contributed by atoms with Crippen LogP contribution in [0.5, 0.6) is 5.75 Å². The van der Waals surface area contributed by atoms with Crippen LogP contribution in [-0.2, 0) is 21.4 Å². The van der Waals surface area contributed by atoms with Gasteiger partial charge in [-0.3, -0.25) is 4.72 Å². The van der Waals surface area contributed by atoms with Crippen LogP contribution in [0.1, 0.15) is 19.4 Å². The maximum Gasteiger partial charge on any atom is 0.271 e. The number of anilines is 2. The molecular weight excluding hydrogens is 470 g/mol. The minimum Gasteiger partial charge on any atom is -0.495 e. The van der Waals surface area contributed by atoms with Gasteiger partial charge < -0.3 is 19.7 Å². The molecule has 34 heavy (non-hydrogen) atoms. The largest absolute Gasteiger partial charge is 0.495 e. The fourth-order valence-electron chi connectivity index (χ4n) is 4.33. The van der Waals surface area contributed by atoms with E-state index in [1.807, 2.05) is 42.5 Å². The first kappa shape index (κ1) is 24.5. The molecule has 182 valence electrons. The zero-order chi connectivity index (χ0) is 24.3. The van der Waals surface area contributed by atoms with E-state index in [9.17, 15) is 8.42 Å². The number of sulfonamides is 1. The third-order valence-electron chi connectivity index (χ3n) is 5.70. The van der Waals surface area contributed by atoms with Crippen molar-refractivity contribution in [2.75, 3.05) is 36.9 Å². The van der Waals surface area contributed by atoms with Gasteiger partial charge in [0.05, 0.1) is 25.1 Å². The van der Waals surface area contributed by atoms with Gasteiger partial charge in [0.15, 0.2) is 0 Å². The van der Waals surface area contributed by atoms with Crippen LogP contribution in [0.15, 0.2) is 58.8 Å². The van der Waals surface area contributed by atoms with Crippen LogP contribution in [0, 0.1) is 0 Å². The van der Waals surface area contributed by atoms with Gasteiger partial charge in [0, 0.05) is 37.2 Å². The van der Waals surface area contributed by atoms with Crippen LogP contribution in [0.25, 0.3) is 10.4 Å². The molecule has 0 saturated carbocycles. The van der Waals surface area contributed by atoms with Crippen LogP contribution < -0.4 is 19.7 Å². The second kappa shape index (κ2) is 10.4. The molecule has 1 aliphatic rings. The number of hydrogen-bond donors (Lipinski definition) is 2. The van der Waals surface area contributed by atoms with E-state index in [0.717, 1.165) is 40.5 Å². The lowest BCUT2D eigenvalue weighted by Gasteiger charge is -2.38. The van der Waals surface area contributed by atoms with Crippen molar-refractivity contribution >= 4 is 32.7 Å². The van der Waals surface area contributed by atoms with Crippen LogP contribution >= 0.6 is 11.3 Å². The zero-order valence-corrected chi connectivity index (χ0v) is 21.5. The molecule has 3 aromatic rings. The average Bonchev–Trinajstić information content (AvgIpc) is 3.30. The van der Waals surface area contributed by atoms with Gasteiger partial charge in [0.2, 0.25) is 0 Å². The molecule has 0 radical (unpaired) electrons. The van der Waals surface area contributed by atoms with Crippen LogP contribution in [0.3, 0.4) is 0 Å². The first-order valence-electron chi connectivity index (χ1n) is 11.2. The Balaban J connectivity index is 1.57. The van der Waals surface area contributed by atoms with E-state index in [2.05, 4.69) is 28.8 Å². The van der Waals surface area contributed by atoms with E-state index in [1.54, 1.807) is 26.4 Å². The molecule has 0 bridgehead atoms. The van der Waals surface area contributed by atoms with Gasteiger partial charge in [-0.05, 0) is 61.4 Å². The smallest absolute Gasteiger partial charge is 0.271 e. The molecule has 7 nitrogen and oxygen atoms in total. The summed E-state index contributed by atoms with van der Waals surface area (Å²) in [4.78, 5) is 3.12. The number of benzene rings is 2. The molecule has 1 aromatic heterocycles. The number of hydrogen-bond acceptors (Lipinski definition) is 7. The van der Waals surface area contributed by atoms with E-state index in [0.29, 0.717) is 24.4 Å². The van der Waals surface area contributed by atoms with Gasteiger partial charge in [-0.1, -0.05) is 18.2 Å². The average molecular weight is 502 g/mol. The van der Waals surface area contributed by atoms with Crippen molar-refractivity contribution < 1.29 is 17.9 Å². The summed E-state index contributed by atoms with van der Waals surface area (Å²) >= 11 is 1.24. The number of methoxy groups -OCH3 is 2. The molecule has 2 heterocycles. The monoisotopic (exact) mass is 501 g/mol. The molecular formula is C25H31N3O4S2. The predicted molar refractivity (Wildman–Crippen MR) is 139 cm³/mol. The number of ether oxygens (including phenoxy) is 2. The highest BCUT2D eigenvalue weighted by molar-refractivity contribution is 7.94. The lowest BCUT2D eigenvalue weighted by Crippen LogP contribution is -2.54. The second-order valence-corrected chi connectivity index (χ2v) is 11.6. The molecule has 2 atom stereocenters. The molecule has 0 spiro atoms. The van der Waals surface area contributed by atoms with Crippen molar-refractivity contribution in [2.24, 2.45) is 0 Å². The zero-order valence-electron chi connectivity index (χ0n) is 19.9. The Hall–Kier alpha value is -2.59. The van der Waals surface area contributed by atoms with Crippen molar-refractivity contribution in [2.45, 2.75) is 36.7 Å².